The molecule has 3 aromatic heterocycles. The Morgan fingerprint density at radius 3 is 0.684 bits per heavy atom. The molecule has 0 saturated carbocycles. The van der Waals surface area contributed by atoms with Gasteiger partial charge in [0.25, 0.3) is 0 Å². The minimum atomic E-state index is 0. The van der Waals surface area contributed by atoms with E-state index < -0.39 is 0 Å². The average Bonchev–Trinajstić information content (AvgIpc) is 3.89. The minimum absolute atomic E-state index is 0. The van der Waals surface area contributed by atoms with E-state index in [1.54, 1.807) is 0 Å². The Morgan fingerprint density at radius 1 is 0.298 bits per heavy atom. The van der Waals surface area contributed by atoms with E-state index in [-0.39, 0.29) is 17.1 Å². The number of halogens is 8. The minimum Gasteiger partial charge on any atom is -0.655 e. The fourth-order valence-corrected chi connectivity index (χ4v) is 10.8. The summed E-state index contributed by atoms with van der Waals surface area (Å²) in [6.45, 7) is 0. The Morgan fingerprint density at radius 2 is 0.491 bits per heavy atom. The van der Waals surface area contributed by atoms with E-state index >= 15 is 0 Å². The van der Waals surface area contributed by atoms with Gasteiger partial charge in [-0.05, 0) is 108 Å². The number of hydrogen-bond acceptors (Lipinski definition) is 2. The zero-order valence-electron chi connectivity index (χ0n) is 28.7. The topological polar surface area (TPSA) is 54.0 Å². The zero-order valence-corrected chi connectivity index (χ0v) is 42.3. The number of benzene rings is 4. The first kappa shape index (κ1) is 41.6. The van der Waals surface area contributed by atoms with Crippen LogP contribution in [0.2, 0.25) is 0 Å². The maximum Gasteiger partial charge on any atom is 2.00 e. The van der Waals surface area contributed by atoms with Crippen LogP contribution < -0.4 is 9.97 Å². The molecule has 13 heteroatoms. The summed E-state index contributed by atoms with van der Waals surface area (Å²) in [5.41, 5.74) is 12.9. The fraction of sp³-hybridized carbons (Fsp3) is 0. The molecule has 1 radical (unpaired) electrons. The first-order valence-corrected chi connectivity index (χ1v) is 23.3. The van der Waals surface area contributed by atoms with Crippen LogP contribution in [0.15, 0.2) is 139 Å². The van der Waals surface area contributed by atoms with Crippen LogP contribution in [0.3, 0.4) is 0 Å². The molecule has 5 heterocycles. The summed E-state index contributed by atoms with van der Waals surface area (Å²) < 4.78 is 6.30. The Hall–Kier alpha value is -2.16. The molecule has 8 bridgehead atoms. The first-order valence-electron chi connectivity index (χ1n) is 16.9. The SMILES string of the molecule is BrC1=C(Br)c2nc1c(-c1ccccc1)c1[n-]c(c(Br)c1Br)c(-c1ccccc1)c1nc(c(-c3ccccc3)c3[n-]c(c(Br)c3Br)c2-c2ccccc2)C(Br)=C1Br.[Cu+2]. The summed E-state index contributed by atoms with van der Waals surface area (Å²) in [6, 6.07) is 40.9. The van der Waals surface area contributed by atoms with Crippen LogP contribution in [0, 0.1) is 0 Å². The summed E-state index contributed by atoms with van der Waals surface area (Å²) in [4.78, 5) is 22.0. The van der Waals surface area contributed by atoms with Gasteiger partial charge in [-0.2, -0.15) is 0 Å². The largest absolute Gasteiger partial charge is 2.00 e. The van der Waals surface area contributed by atoms with Gasteiger partial charge in [0.15, 0.2) is 0 Å². The summed E-state index contributed by atoms with van der Waals surface area (Å²) >= 11 is 31.9. The third-order valence-electron chi connectivity index (χ3n) is 9.47. The van der Waals surface area contributed by atoms with Crippen molar-refractivity contribution in [2.75, 3.05) is 0 Å². The molecule has 7 aromatic rings. The van der Waals surface area contributed by atoms with Gasteiger partial charge in [0, 0.05) is 17.9 Å². The molecular formula is C44H20Br8CuN4. The van der Waals surface area contributed by atoms with E-state index in [9.17, 15) is 0 Å². The molecule has 283 valence electrons. The summed E-state index contributed by atoms with van der Waals surface area (Å²) in [6.07, 6.45) is 0. The molecule has 0 atom stereocenters. The van der Waals surface area contributed by atoms with Crippen LogP contribution >= 0.6 is 127 Å². The van der Waals surface area contributed by atoms with Gasteiger partial charge < -0.3 is 9.97 Å². The van der Waals surface area contributed by atoms with Crippen LogP contribution in [0.25, 0.3) is 84.5 Å². The Balaban J connectivity index is 0.00000455. The van der Waals surface area contributed by atoms with E-state index in [1.165, 1.54) is 0 Å². The predicted molar refractivity (Wildman–Crippen MR) is 261 cm³/mol. The van der Waals surface area contributed by atoms with E-state index in [1.807, 2.05) is 72.8 Å². The van der Waals surface area contributed by atoms with Gasteiger partial charge in [-0.15, -0.1) is 22.1 Å². The molecule has 2 aliphatic heterocycles. The maximum atomic E-state index is 5.50. The molecule has 0 aliphatic carbocycles. The number of aromatic nitrogens is 4. The maximum absolute atomic E-state index is 5.50. The Labute approximate surface area is 406 Å². The molecular weight excluding hydrogens is 1290 g/mol. The molecule has 0 amide bonds. The third-order valence-corrected chi connectivity index (χ3v) is 17.8. The molecule has 0 spiro atoms. The quantitative estimate of drug-likeness (QED) is 0.165. The zero-order chi connectivity index (χ0) is 38.8. The van der Waals surface area contributed by atoms with Crippen molar-refractivity contribution in [2.45, 2.75) is 0 Å². The molecule has 0 fully saturated rings. The molecule has 9 rings (SSSR count). The van der Waals surface area contributed by atoms with Gasteiger partial charge in [0.1, 0.15) is 0 Å². The molecule has 4 aromatic carbocycles. The number of rotatable bonds is 4. The Kier molecular flexibility index (Phi) is 12.4. The summed E-state index contributed by atoms with van der Waals surface area (Å²) in [5.74, 6) is 0. The van der Waals surface area contributed by atoms with Gasteiger partial charge in [-0.25, -0.2) is 9.97 Å². The second-order valence-corrected chi connectivity index (χ2v) is 19.1. The normalized spacial score (nSPS) is 12.6. The van der Waals surface area contributed by atoms with Crippen molar-refractivity contribution in [3.63, 3.8) is 0 Å². The van der Waals surface area contributed by atoms with Crippen LogP contribution in [0.1, 0.15) is 22.8 Å². The first-order chi connectivity index (χ1) is 27.2. The molecule has 0 N–H and O–H groups in total. The Bertz CT molecular complexity index is 2580. The van der Waals surface area contributed by atoms with Crippen molar-refractivity contribution in [1.29, 1.82) is 0 Å². The van der Waals surface area contributed by atoms with E-state index in [0.29, 0.717) is 44.8 Å². The molecule has 4 nitrogen and oxygen atoms in total. The van der Waals surface area contributed by atoms with Crippen molar-refractivity contribution >= 4 is 167 Å². The van der Waals surface area contributed by atoms with Crippen molar-refractivity contribution in [2.24, 2.45) is 0 Å². The van der Waals surface area contributed by atoms with Crippen molar-refractivity contribution in [1.82, 2.24) is 19.9 Å². The van der Waals surface area contributed by atoms with E-state index in [0.717, 1.165) is 80.3 Å². The van der Waals surface area contributed by atoms with Gasteiger partial charge in [0.05, 0.1) is 40.7 Å². The summed E-state index contributed by atoms with van der Waals surface area (Å²) in [7, 11) is 0. The van der Waals surface area contributed by atoms with Crippen LogP contribution in [0.5, 0.6) is 0 Å². The predicted octanol–water partition coefficient (Wildman–Crippen LogP) is 16.5. The molecule has 0 saturated heterocycles. The van der Waals surface area contributed by atoms with Crippen LogP contribution in [0.4, 0.5) is 0 Å². The second kappa shape index (κ2) is 17.1. The number of hydrogen-bond donors (Lipinski definition) is 0. The smallest absolute Gasteiger partial charge is 0.655 e. The van der Waals surface area contributed by atoms with Crippen LogP contribution in [-0.2, 0) is 17.1 Å². The van der Waals surface area contributed by atoms with Gasteiger partial charge >= 0.3 is 17.1 Å². The van der Waals surface area contributed by atoms with Gasteiger partial charge in [0.2, 0.25) is 0 Å². The van der Waals surface area contributed by atoms with Crippen molar-refractivity contribution in [3.8, 4) is 44.5 Å². The molecule has 0 unspecified atom stereocenters. The van der Waals surface area contributed by atoms with E-state index in [2.05, 4.69) is 176 Å². The van der Waals surface area contributed by atoms with E-state index in [4.69, 9.17) is 19.9 Å². The van der Waals surface area contributed by atoms with Gasteiger partial charge in [-0.1, -0.05) is 185 Å². The summed E-state index contributed by atoms with van der Waals surface area (Å²) in [5, 5.41) is 0. The van der Waals surface area contributed by atoms with Crippen molar-refractivity contribution < 1.29 is 17.1 Å². The molecule has 57 heavy (non-hydrogen) atoms. The fourth-order valence-electron chi connectivity index (χ4n) is 6.96. The van der Waals surface area contributed by atoms with Crippen LogP contribution in [-0.4, -0.2) is 9.97 Å². The second-order valence-electron chi connectivity index (χ2n) is 12.7. The number of nitrogens with zero attached hydrogens (tertiary/aromatic N) is 4. The monoisotopic (exact) mass is 1300 g/mol. The van der Waals surface area contributed by atoms with Gasteiger partial charge in [-0.3, -0.25) is 0 Å². The standard InChI is InChI=1S/C44H20Br8N4.Cu/c45-29-31(47)39-26(22-15-7-2-8-16-22)41-33(49)35(51)43(55-41)28(24-19-11-4-12-20-24)44-36(52)34(50)42(56-44)27(23-17-9-3-10-18-23)40-32(48)30(46)38(54-40)25(37(29)53-39)21-13-5-1-6-14-21;/h1-20H;/q-2;+2. The molecule has 2 aliphatic rings. The number of fused-ring (bicyclic) bond motifs is 8. The third kappa shape index (κ3) is 7.19. The average molecular weight is 1310 g/mol. The van der Waals surface area contributed by atoms with Crippen molar-refractivity contribution in [3.05, 3.63) is 162 Å².